The second kappa shape index (κ2) is 10.00. The molecule has 1 aromatic rings. The maximum atomic E-state index is 6.22. The van der Waals surface area contributed by atoms with Gasteiger partial charge in [-0.05, 0) is 39.3 Å². The molecule has 1 heterocycles. The Balaban J connectivity index is 0.00000441. The molecule has 2 radical (unpaired) electrons. The van der Waals surface area contributed by atoms with E-state index in [1.54, 1.807) is 0 Å². The standard InChI is InChI=1S/C15H30NO2Si3.ClH/c1-20(2,3)17-15(18-21(4,5)6)19-14-10-13-16-11-8-7-9-12-16;/h7-9,11-12,15H,10,13-14H2,1-6H3;1H/q+1;/p-1. The maximum absolute atomic E-state index is 6.22. The monoisotopic (exact) mass is 375 g/mol. The van der Waals surface area contributed by atoms with Crippen LogP contribution in [0.2, 0.25) is 45.3 Å². The summed E-state index contributed by atoms with van der Waals surface area (Å²) in [5, 5.41) is 0. The van der Waals surface area contributed by atoms with Crippen molar-refractivity contribution in [2.75, 3.05) is 0 Å². The molecule has 0 fully saturated rings. The zero-order chi connectivity index (χ0) is 15.9. The predicted octanol–water partition coefficient (Wildman–Crippen LogP) is 0.477. The third-order valence-electron chi connectivity index (χ3n) is 2.60. The van der Waals surface area contributed by atoms with E-state index < -0.39 is 16.6 Å². The predicted molar refractivity (Wildman–Crippen MR) is 94.5 cm³/mol. The molecule has 0 atom stereocenters. The van der Waals surface area contributed by atoms with Crippen LogP contribution >= 0.6 is 0 Å². The molecule has 0 N–H and O–H groups in total. The van der Waals surface area contributed by atoms with Crippen LogP contribution < -0.4 is 17.0 Å². The summed E-state index contributed by atoms with van der Waals surface area (Å²) in [6.45, 7) is 14.5. The molecule has 3 nitrogen and oxygen atoms in total. The van der Waals surface area contributed by atoms with Crippen molar-refractivity contribution < 1.29 is 25.8 Å². The fourth-order valence-corrected chi connectivity index (χ4v) is 6.68. The highest BCUT2D eigenvalue weighted by molar-refractivity contribution is 6.71. The third-order valence-corrected chi connectivity index (χ3v) is 6.13. The minimum absolute atomic E-state index is 0. The van der Waals surface area contributed by atoms with Crippen molar-refractivity contribution in [1.82, 2.24) is 0 Å². The SMILES string of the molecule is C[Si](C)(C)OC(O[Si](C)(C)C)[Si]CCC[n+]1ccccc1.[Cl-]. The summed E-state index contributed by atoms with van der Waals surface area (Å²) in [7, 11) is -2.36. The van der Waals surface area contributed by atoms with E-state index >= 15 is 0 Å². The van der Waals surface area contributed by atoms with Gasteiger partial charge in [0.1, 0.15) is 22.0 Å². The summed E-state index contributed by atoms with van der Waals surface area (Å²) in [5.41, 5.74) is 0. The molecule has 1 rings (SSSR count). The van der Waals surface area contributed by atoms with Gasteiger partial charge in [0, 0.05) is 18.6 Å². The van der Waals surface area contributed by atoms with Gasteiger partial charge in [0.25, 0.3) is 0 Å². The van der Waals surface area contributed by atoms with Gasteiger partial charge in [0.2, 0.25) is 0 Å². The second-order valence-corrected chi connectivity index (χ2v) is 17.5. The number of nitrogens with zero attached hydrogens (tertiary/aromatic N) is 1. The van der Waals surface area contributed by atoms with Crippen LogP contribution in [0.4, 0.5) is 0 Å². The molecule has 0 bridgehead atoms. The summed E-state index contributed by atoms with van der Waals surface area (Å²) in [4.78, 5) is 0. The van der Waals surface area contributed by atoms with E-state index in [4.69, 9.17) is 8.85 Å². The zero-order valence-electron chi connectivity index (χ0n) is 14.7. The molecule has 126 valence electrons. The number of hydrogen-bond donors (Lipinski definition) is 0. The smallest absolute Gasteiger partial charge is 0.186 e. The zero-order valence-corrected chi connectivity index (χ0v) is 18.5. The van der Waals surface area contributed by atoms with Crippen molar-refractivity contribution in [1.29, 1.82) is 0 Å². The van der Waals surface area contributed by atoms with Gasteiger partial charge in [-0.25, -0.2) is 4.57 Å². The summed E-state index contributed by atoms with van der Waals surface area (Å²) in [5.74, 6) is 0.0177. The Morgan fingerprint density at radius 3 is 1.86 bits per heavy atom. The first-order chi connectivity index (χ1) is 9.66. The first-order valence-corrected chi connectivity index (χ1v) is 15.8. The lowest BCUT2D eigenvalue weighted by Crippen LogP contribution is -3.00. The molecular weight excluding hydrogens is 346 g/mol. The minimum atomic E-state index is -1.55. The molecular formula is C15H30ClNO2Si3. The second-order valence-electron chi connectivity index (χ2n) is 7.21. The van der Waals surface area contributed by atoms with Crippen LogP contribution in [-0.4, -0.2) is 32.1 Å². The van der Waals surface area contributed by atoms with E-state index in [-0.39, 0.29) is 18.3 Å². The van der Waals surface area contributed by atoms with Gasteiger partial charge in [-0.1, -0.05) is 12.1 Å². The van der Waals surface area contributed by atoms with E-state index in [2.05, 4.69) is 74.4 Å². The highest BCUT2D eigenvalue weighted by atomic mass is 35.5. The maximum Gasteiger partial charge on any atom is 0.186 e. The molecule has 0 aliphatic rings. The number of pyridine rings is 1. The van der Waals surface area contributed by atoms with Gasteiger partial charge in [-0.2, -0.15) is 0 Å². The van der Waals surface area contributed by atoms with Gasteiger partial charge >= 0.3 is 0 Å². The number of rotatable bonds is 9. The van der Waals surface area contributed by atoms with Crippen LogP contribution in [0.3, 0.4) is 0 Å². The van der Waals surface area contributed by atoms with Gasteiger partial charge in [0.05, 0.1) is 0 Å². The van der Waals surface area contributed by atoms with E-state index in [0.717, 1.165) is 16.1 Å². The molecule has 0 saturated heterocycles. The first kappa shape index (κ1) is 22.0. The molecule has 0 aliphatic heterocycles. The van der Waals surface area contributed by atoms with E-state index in [0.29, 0.717) is 0 Å². The van der Waals surface area contributed by atoms with Crippen molar-refractivity contribution in [2.45, 2.75) is 64.2 Å². The normalized spacial score (nSPS) is 12.3. The van der Waals surface area contributed by atoms with Crippen molar-refractivity contribution in [3.8, 4) is 0 Å². The van der Waals surface area contributed by atoms with Crippen LogP contribution in [-0.2, 0) is 15.4 Å². The minimum Gasteiger partial charge on any atom is -1.00 e. The Labute approximate surface area is 146 Å². The lowest BCUT2D eigenvalue weighted by molar-refractivity contribution is -0.696. The van der Waals surface area contributed by atoms with E-state index in [1.165, 1.54) is 12.5 Å². The molecule has 0 aromatic carbocycles. The molecule has 1 aromatic heterocycles. The van der Waals surface area contributed by atoms with Gasteiger partial charge in [-0.3, -0.25) is 0 Å². The van der Waals surface area contributed by atoms with Crippen LogP contribution in [0, 0.1) is 0 Å². The van der Waals surface area contributed by atoms with E-state index in [9.17, 15) is 0 Å². The first-order valence-electron chi connectivity index (χ1n) is 7.69. The van der Waals surface area contributed by atoms with Crippen LogP contribution in [0.15, 0.2) is 30.6 Å². The Bertz CT molecular complexity index is 391. The Kier molecular flexibility index (Phi) is 10.0. The fraction of sp³-hybridized carbons (Fsp3) is 0.667. The van der Waals surface area contributed by atoms with Crippen LogP contribution in [0.25, 0.3) is 0 Å². The van der Waals surface area contributed by atoms with Crippen LogP contribution in [0.1, 0.15) is 6.42 Å². The number of aryl methyl sites for hydroxylation is 1. The van der Waals surface area contributed by atoms with Crippen molar-refractivity contribution in [3.63, 3.8) is 0 Å². The number of hydrogen-bond acceptors (Lipinski definition) is 2. The number of aromatic nitrogens is 1. The quantitative estimate of drug-likeness (QED) is 0.271. The highest BCUT2D eigenvalue weighted by Crippen LogP contribution is 2.14. The van der Waals surface area contributed by atoms with E-state index in [1.807, 2.05) is 0 Å². The van der Waals surface area contributed by atoms with Crippen LogP contribution in [0.5, 0.6) is 0 Å². The Morgan fingerprint density at radius 2 is 1.41 bits per heavy atom. The molecule has 22 heavy (non-hydrogen) atoms. The van der Waals surface area contributed by atoms with Crippen molar-refractivity contribution in [3.05, 3.63) is 30.6 Å². The summed E-state index contributed by atoms with van der Waals surface area (Å²) in [6.07, 6.45) is 5.42. The average molecular weight is 376 g/mol. The van der Waals surface area contributed by atoms with Gasteiger partial charge in [-0.15, -0.1) is 0 Å². The summed E-state index contributed by atoms with van der Waals surface area (Å²) < 4.78 is 14.7. The molecule has 0 amide bonds. The Hall–Kier alpha value is 0.0106. The average Bonchev–Trinajstić information content (AvgIpc) is 2.32. The lowest BCUT2D eigenvalue weighted by atomic mass is 10.4. The largest absolute Gasteiger partial charge is 1.00 e. The molecule has 7 heteroatoms. The summed E-state index contributed by atoms with van der Waals surface area (Å²) >= 11 is 0. The fourth-order valence-electron chi connectivity index (χ4n) is 1.81. The third kappa shape index (κ3) is 11.6. The highest BCUT2D eigenvalue weighted by Gasteiger charge is 2.26. The van der Waals surface area contributed by atoms with Gasteiger partial charge < -0.3 is 21.3 Å². The molecule has 0 saturated carbocycles. The topological polar surface area (TPSA) is 22.3 Å². The Morgan fingerprint density at radius 1 is 0.909 bits per heavy atom. The summed E-state index contributed by atoms with van der Waals surface area (Å²) in [6, 6.07) is 7.38. The van der Waals surface area contributed by atoms with Gasteiger partial charge in [0.15, 0.2) is 29.0 Å². The molecule has 0 aliphatic carbocycles. The van der Waals surface area contributed by atoms with Crippen molar-refractivity contribution >= 4 is 26.2 Å². The lowest BCUT2D eigenvalue weighted by Gasteiger charge is -2.31. The number of halogens is 1. The molecule has 0 unspecified atom stereocenters. The molecule has 0 spiro atoms. The van der Waals surface area contributed by atoms with Crippen molar-refractivity contribution in [2.24, 2.45) is 0 Å².